The fourth-order valence-corrected chi connectivity index (χ4v) is 2.59. The number of carbonyl (C=O) groups excluding carboxylic acids is 1. The van der Waals surface area contributed by atoms with Crippen LogP contribution in [0.2, 0.25) is 0 Å². The zero-order valence-electron chi connectivity index (χ0n) is 13.1. The molecule has 0 radical (unpaired) electrons. The summed E-state index contributed by atoms with van der Waals surface area (Å²) in [5, 5.41) is 7.01. The largest absolute Gasteiger partial charge is 0.444 e. The van der Waals surface area contributed by atoms with Gasteiger partial charge in [0.25, 0.3) is 0 Å². The molecule has 6 nitrogen and oxygen atoms in total. The van der Waals surface area contributed by atoms with E-state index in [1.54, 1.807) is 4.90 Å². The van der Waals surface area contributed by atoms with Crippen LogP contribution in [0.15, 0.2) is 0 Å². The van der Waals surface area contributed by atoms with Gasteiger partial charge in [0.05, 0.1) is 18.3 Å². The molecule has 0 aromatic carbocycles. The maximum atomic E-state index is 12.4. The maximum Gasteiger partial charge on any atom is 0.411 e. The zero-order chi connectivity index (χ0) is 15.3. The third kappa shape index (κ3) is 2.59. The summed E-state index contributed by atoms with van der Waals surface area (Å²) in [5.74, 6) is 0.459. The van der Waals surface area contributed by atoms with E-state index in [4.69, 9.17) is 10.5 Å². The van der Waals surface area contributed by atoms with Gasteiger partial charge in [0.1, 0.15) is 5.60 Å². The zero-order valence-corrected chi connectivity index (χ0v) is 13.1. The van der Waals surface area contributed by atoms with Gasteiger partial charge in [-0.25, -0.2) is 4.79 Å². The standard InChI is InChI=1S/C14H24N4O2/c1-13(2,3)10-9-8(11(15)17-16-9)7-18(10)12(19)20-14(4,5)6/h10H,7H2,1-6H3,(H3,15,16,17). The number of carbonyl (C=O) groups is 1. The molecule has 1 aromatic heterocycles. The average molecular weight is 280 g/mol. The molecule has 1 amide bonds. The van der Waals surface area contributed by atoms with Gasteiger partial charge in [-0.05, 0) is 26.2 Å². The van der Waals surface area contributed by atoms with Gasteiger partial charge in [-0.15, -0.1) is 0 Å². The van der Waals surface area contributed by atoms with Crippen molar-refractivity contribution in [3.8, 4) is 0 Å². The monoisotopic (exact) mass is 280 g/mol. The highest BCUT2D eigenvalue weighted by atomic mass is 16.6. The summed E-state index contributed by atoms with van der Waals surface area (Å²) in [4.78, 5) is 14.2. The predicted octanol–water partition coefficient (Wildman–Crippen LogP) is 2.83. The van der Waals surface area contributed by atoms with Gasteiger partial charge in [-0.3, -0.25) is 10.00 Å². The highest BCUT2D eigenvalue weighted by Gasteiger charge is 2.44. The Kier molecular flexibility index (Phi) is 3.23. The highest BCUT2D eigenvalue weighted by molar-refractivity contribution is 5.71. The molecule has 0 saturated carbocycles. The number of rotatable bonds is 0. The second-order valence-electron chi connectivity index (χ2n) is 7.38. The van der Waals surface area contributed by atoms with Crippen molar-refractivity contribution >= 4 is 11.9 Å². The molecule has 2 rings (SSSR count). The fourth-order valence-electron chi connectivity index (χ4n) is 2.59. The van der Waals surface area contributed by atoms with E-state index in [2.05, 4.69) is 31.0 Å². The van der Waals surface area contributed by atoms with Gasteiger partial charge in [-0.1, -0.05) is 20.8 Å². The molecule has 0 bridgehead atoms. The van der Waals surface area contributed by atoms with E-state index in [1.807, 2.05) is 20.8 Å². The molecule has 6 heteroatoms. The van der Waals surface area contributed by atoms with Crippen molar-refractivity contribution in [3.05, 3.63) is 11.3 Å². The van der Waals surface area contributed by atoms with Gasteiger partial charge < -0.3 is 10.5 Å². The minimum absolute atomic E-state index is 0.114. The van der Waals surface area contributed by atoms with Crippen molar-refractivity contribution in [2.75, 3.05) is 5.73 Å². The van der Waals surface area contributed by atoms with Crippen molar-refractivity contribution < 1.29 is 9.53 Å². The first-order chi connectivity index (χ1) is 9.00. The molecule has 112 valence electrons. The summed E-state index contributed by atoms with van der Waals surface area (Å²) in [5.41, 5.74) is 7.03. The summed E-state index contributed by atoms with van der Waals surface area (Å²) in [6.07, 6.45) is -0.318. The molecule has 0 saturated heterocycles. The van der Waals surface area contributed by atoms with Gasteiger partial charge in [0.15, 0.2) is 5.82 Å². The van der Waals surface area contributed by atoms with Crippen molar-refractivity contribution in [1.29, 1.82) is 0 Å². The van der Waals surface area contributed by atoms with Gasteiger partial charge in [0, 0.05) is 5.56 Å². The Bertz CT molecular complexity index is 522. The molecule has 0 fully saturated rings. The topological polar surface area (TPSA) is 84.2 Å². The van der Waals surface area contributed by atoms with Crippen LogP contribution in [-0.4, -0.2) is 26.8 Å². The molecular formula is C14H24N4O2. The van der Waals surface area contributed by atoms with Gasteiger partial charge in [-0.2, -0.15) is 5.10 Å². The Morgan fingerprint density at radius 1 is 1.35 bits per heavy atom. The fraction of sp³-hybridized carbons (Fsp3) is 0.714. The first kappa shape index (κ1) is 14.7. The Balaban J connectivity index is 2.33. The maximum absolute atomic E-state index is 12.4. The van der Waals surface area contributed by atoms with Crippen molar-refractivity contribution in [2.45, 2.75) is 59.7 Å². The Morgan fingerprint density at radius 3 is 2.45 bits per heavy atom. The summed E-state index contributed by atoms with van der Waals surface area (Å²) >= 11 is 0. The molecule has 1 aliphatic heterocycles. The second kappa shape index (κ2) is 4.40. The lowest BCUT2D eigenvalue weighted by molar-refractivity contribution is 0.00377. The molecular weight excluding hydrogens is 256 g/mol. The molecule has 1 aliphatic rings. The number of aromatic amines is 1. The Labute approximate surface area is 119 Å². The van der Waals surface area contributed by atoms with Crippen LogP contribution < -0.4 is 5.73 Å². The minimum atomic E-state index is -0.514. The Hall–Kier alpha value is -1.72. The minimum Gasteiger partial charge on any atom is -0.444 e. The number of aromatic nitrogens is 2. The van der Waals surface area contributed by atoms with E-state index in [-0.39, 0.29) is 17.6 Å². The van der Waals surface area contributed by atoms with Crippen LogP contribution in [0.4, 0.5) is 10.6 Å². The number of nitrogens with one attached hydrogen (secondary N) is 1. The number of nitrogen functional groups attached to an aromatic ring is 1. The smallest absolute Gasteiger partial charge is 0.411 e. The van der Waals surface area contributed by atoms with Crippen LogP contribution in [0.3, 0.4) is 0 Å². The number of ether oxygens (including phenoxy) is 1. The van der Waals surface area contributed by atoms with Crippen LogP contribution in [0.5, 0.6) is 0 Å². The lowest BCUT2D eigenvalue weighted by Crippen LogP contribution is -2.40. The molecule has 1 atom stereocenters. The second-order valence-corrected chi connectivity index (χ2v) is 7.38. The molecule has 0 spiro atoms. The third-order valence-corrected chi connectivity index (χ3v) is 3.29. The number of fused-ring (bicyclic) bond motifs is 1. The van der Waals surface area contributed by atoms with Crippen LogP contribution in [0, 0.1) is 5.41 Å². The van der Waals surface area contributed by atoms with Crippen LogP contribution in [0.25, 0.3) is 0 Å². The van der Waals surface area contributed by atoms with Gasteiger partial charge in [0.2, 0.25) is 0 Å². The molecule has 20 heavy (non-hydrogen) atoms. The molecule has 3 N–H and O–H groups in total. The average Bonchev–Trinajstić information content (AvgIpc) is 2.75. The highest BCUT2D eigenvalue weighted by Crippen LogP contribution is 2.45. The molecule has 2 heterocycles. The number of anilines is 1. The molecule has 1 aromatic rings. The van der Waals surface area contributed by atoms with Crippen molar-refractivity contribution in [3.63, 3.8) is 0 Å². The number of nitrogens with zero attached hydrogens (tertiary/aromatic N) is 2. The van der Waals surface area contributed by atoms with Gasteiger partial charge >= 0.3 is 6.09 Å². The lowest BCUT2D eigenvalue weighted by Gasteiger charge is -2.35. The first-order valence-corrected chi connectivity index (χ1v) is 6.83. The summed E-state index contributed by atoms with van der Waals surface area (Å²) < 4.78 is 5.50. The number of amides is 1. The summed E-state index contributed by atoms with van der Waals surface area (Å²) in [6, 6.07) is -0.114. The lowest BCUT2D eigenvalue weighted by atomic mass is 9.85. The quantitative estimate of drug-likeness (QED) is 0.765. The Morgan fingerprint density at radius 2 is 1.95 bits per heavy atom. The summed E-state index contributed by atoms with van der Waals surface area (Å²) in [7, 11) is 0. The van der Waals surface area contributed by atoms with E-state index in [1.165, 1.54) is 0 Å². The first-order valence-electron chi connectivity index (χ1n) is 6.83. The third-order valence-electron chi connectivity index (χ3n) is 3.29. The van der Waals surface area contributed by atoms with E-state index in [9.17, 15) is 4.79 Å². The number of hydrogen-bond acceptors (Lipinski definition) is 4. The van der Waals surface area contributed by atoms with Crippen LogP contribution in [0.1, 0.15) is 58.8 Å². The van der Waals surface area contributed by atoms with E-state index >= 15 is 0 Å². The SMILES string of the molecule is CC(C)(C)OC(=O)N1Cc2c(N)n[nH]c2C1C(C)(C)C. The number of H-pyrrole nitrogens is 1. The summed E-state index contributed by atoms with van der Waals surface area (Å²) in [6.45, 7) is 12.3. The van der Waals surface area contributed by atoms with Crippen LogP contribution >= 0.6 is 0 Å². The van der Waals surface area contributed by atoms with Crippen LogP contribution in [-0.2, 0) is 11.3 Å². The predicted molar refractivity (Wildman–Crippen MR) is 77.0 cm³/mol. The van der Waals surface area contributed by atoms with E-state index in [0.29, 0.717) is 12.4 Å². The molecule has 0 aliphatic carbocycles. The normalized spacial score (nSPS) is 19.1. The van der Waals surface area contributed by atoms with E-state index < -0.39 is 5.60 Å². The number of nitrogens with two attached hydrogens (primary N) is 1. The number of hydrogen-bond donors (Lipinski definition) is 2. The van der Waals surface area contributed by atoms with E-state index in [0.717, 1.165) is 11.3 Å². The van der Waals surface area contributed by atoms with Crippen molar-refractivity contribution in [2.24, 2.45) is 5.41 Å². The molecule has 1 unspecified atom stereocenters. The van der Waals surface area contributed by atoms with Crippen molar-refractivity contribution in [1.82, 2.24) is 15.1 Å².